The first-order valence-corrected chi connectivity index (χ1v) is 11.7. The van der Waals surface area contributed by atoms with Gasteiger partial charge in [0.2, 0.25) is 5.91 Å². The van der Waals surface area contributed by atoms with E-state index in [1.807, 2.05) is 35.2 Å². The first-order chi connectivity index (χ1) is 14.5. The second-order valence-corrected chi connectivity index (χ2v) is 8.94. The Kier molecular flexibility index (Phi) is 8.14. The molecule has 3 rings (SSSR count). The van der Waals surface area contributed by atoms with Crippen molar-refractivity contribution in [3.8, 4) is 0 Å². The predicted octanol–water partition coefficient (Wildman–Crippen LogP) is 3.72. The van der Waals surface area contributed by atoms with Gasteiger partial charge in [0, 0.05) is 56.4 Å². The number of carbonyl (C=O) groups excluding carboxylic acids is 2. The minimum absolute atomic E-state index is 0.0253. The van der Waals surface area contributed by atoms with Crippen LogP contribution in [0.3, 0.4) is 0 Å². The Hall–Kier alpha value is -2.08. The van der Waals surface area contributed by atoms with Gasteiger partial charge in [-0.25, -0.2) is 4.79 Å². The van der Waals surface area contributed by atoms with Crippen molar-refractivity contribution in [1.29, 1.82) is 0 Å². The molecule has 1 aliphatic heterocycles. The van der Waals surface area contributed by atoms with Gasteiger partial charge < -0.3 is 10.2 Å². The van der Waals surface area contributed by atoms with Gasteiger partial charge >= 0.3 is 6.03 Å². The molecule has 1 aromatic rings. The maximum Gasteiger partial charge on any atom is 0.322 e. The minimum atomic E-state index is -0.0253. The maximum absolute atomic E-state index is 12.9. The smallest absolute Gasteiger partial charge is 0.322 e. The van der Waals surface area contributed by atoms with Crippen molar-refractivity contribution in [2.24, 2.45) is 5.92 Å². The topological polar surface area (TPSA) is 55.9 Å². The number of piperazine rings is 1. The van der Waals surface area contributed by atoms with Crippen LogP contribution in [0.1, 0.15) is 52.9 Å². The standard InChI is InChI=1S/C24H38N4O2/c1-4-14-28(22-8-6-5-7-9-22)24(30)25-21-12-10-20(11-13-21)23(29)27-17-15-26(16-18-27)19(2)3/h5-9,19-21H,4,10-18H2,1-3H3,(H,25,30). The quantitative estimate of drug-likeness (QED) is 0.772. The van der Waals surface area contributed by atoms with Crippen molar-refractivity contribution < 1.29 is 9.59 Å². The molecule has 0 atom stereocenters. The van der Waals surface area contributed by atoms with Crippen LogP contribution in [0.2, 0.25) is 0 Å². The highest BCUT2D eigenvalue weighted by atomic mass is 16.2. The molecule has 0 radical (unpaired) electrons. The Morgan fingerprint density at radius 3 is 2.23 bits per heavy atom. The van der Waals surface area contributed by atoms with Crippen LogP contribution in [0.25, 0.3) is 0 Å². The maximum atomic E-state index is 12.9. The zero-order chi connectivity index (χ0) is 21.5. The van der Waals surface area contributed by atoms with Crippen molar-refractivity contribution in [2.75, 3.05) is 37.6 Å². The van der Waals surface area contributed by atoms with Crippen LogP contribution in [0, 0.1) is 5.92 Å². The van der Waals surface area contributed by atoms with Crippen LogP contribution < -0.4 is 10.2 Å². The molecule has 1 aromatic carbocycles. The fraction of sp³-hybridized carbons (Fsp3) is 0.667. The third kappa shape index (κ3) is 5.75. The van der Waals surface area contributed by atoms with E-state index in [-0.39, 0.29) is 18.0 Å². The monoisotopic (exact) mass is 414 g/mol. The molecule has 30 heavy (non-hydrogen) atoms. The van der Waals surface area contributed by atoms with E-state index in [0.717, 1.165) is 64.0 Å². The van der Waals surface area contributed by atoms with E-state index >= 15 is 0 Å². The van der Waals surface area contributed by atoms with Gasteiger partial charge in [-0.15, -0.1) is 0 Å². The highest BCUT2D eigenvalue weighted by molar-refractivity contribution is 5.92. The molecule has 6 nitrogen and oxygen atoms in total. The van der Waals surface area contributed by atoms with E-state index in [0.29, 0.717) is 18.5 Å². The number of nitrogens with one attached hydrogen (secondary N) is 1. The number of amides is 3. The lowest BCUT2D eigenvalue weighted by atomic mass is 9.85. The molecule has 1 heterocycles. The third-order valence-electron chi connectivity index (χ3n) is 6.52. The molecule has 1 aliphatic carbocycles. The summed E-state index contributed by atoms with van der Waals surface area (Å²) in [5.41, 5.74) is 0.932. The molecule has 1 saturated heterocycles. The van der Waals surface area contributed by atoms with Gasteiger partial charge in [0.1, 0.15) is 0 Å². The third-order valence-corrected chi connectivity index (χ3v) is 6.52. The van der Waals surface area contributed by atoms with Gasteiger partial charge in [-0.3, -0.25) is 14.6 Å². The molecule has 166 valence electrons. The summed E-state index contributed by atoms with van der Waals surface area (Å²) < 4.78 is 0. The van der Waals surface area contributed by atoms with Crippen molar-refractivity contribution in [3.05, 3.63) is 30.3 Å². The van der Waals surface area contributed by atoms with E-state index in [4.69, 9.17) is 0 Å². The summed E-state index contributed by atoms with van der Waals surface area (Å²) >= 11 is 0. The molecule has 1 saturated carbocycles. The number of hydrogen-bond acceptors (Lipinski definition) is 3. The predicted molar refractivity (Wildman–Crippen MR) is 122 cm³/mol. The normalized spacial score (nSPS) is 22.7. The highest BCUT2D eigenvalue weighted by Gasteiger charge is 2.32. The van der Waals surface area contributed by atoms with Crippen molar-refractivity contribution in [2.45, 2.75) is 65.0 Å². The van der Waals surface area contributed by atoms with Crippen LogP contribution in [-0.2, 0) is 4.79 Å². The van der Waals surface area contributed by atoms with Crippen LogP contribution in [-0.4, -0.2) is 66.5 Å². The molecule has 0 unspecified atom stereocenters. The molecule has 0 spiro atoms. The summed E-state index contributed by atoms with van der Waals surface area (Å²) in [6.45, 7) is 10.8. The second-order valence-electron chi connectivity index (χ2n) is 8.94. The van der Waals surface area contributed by atoms with Crippen LogP contribution in [0.4, 0.5) is 10.5 Å². The molecule has 1 N–H and O–H groups in total. The second kappa shape index (κ2) is 10.8. The Morgan fingerprint density at radius 2 is 1.67 bits per heavy atom. The van der Waals surface area contributed by atoms with E-state index in [2.05, 4.69) is 35.9 Å². The number of urea groups is 1. The van der Waals surface area contributed by atoms with E-state index in [1.54, 1.807) is 0 Å². The summed E-state index contributed by atoms with van der Waals surface area (Å²) in [4.78, 5) is 32.2. The summed E-state index contributed by atoms with van der Waals surface area (Å²) in [6, 6.07) is 10.5. The fourth-order valence-electron chi connectivity index (χ4n) is 4.63. The lowest BCUT2D eigenvalue weighted by molar-refractivity contribution is -0.138. The van der Waals surface area contributed by atoms with E-state index in [9.17, 15) is 9.59 Å². The Bertz CT molecular complexity index is 678. The number of benzene rings is 1. The van der Waals surface area contributed by atoms with Crippen LogP contribution in [0.15, 0.2) is 30.3 Å². The number of anilines is 1. The Morgan fingerprint density at radius 1 is 1.03 bits per heavy atom. The van der Waals surface area contributed by atoms with Gasteiger partial charge in [0.25, 0.3) is 0 Å². The lowest BCUT2D eigenvalue weighted by Crippen LogP contribution is -2.53. The lowest BCUT2D eigenvalue weighted by Gasteiger charge is -2.39. The number of rotatable bonds is 6. The average Bonchev–Trinajstić information content (AvgIpc) is 2.78. The summed E-state index contributed by atoms with van der Waals surface area (Å²) in [5, 5.41) is 3.21. The van der Waals surface area contributed by atoms with E-state index < -0.39 is 0 Å². The van der Waals surface area contributed by atoms with Gasteiger partial charge in [0.15, 0.2) is 0 Å². The molecular formula is C24H38N4O2. The molecule has 2 aliphatic rings. The van der Waals surface area contributed by atoms with Gasteiger partial charge in [-0.05, 0) is 58.1 Å². The molecule has 6 heteroatoms. The summed E-state index contributed by atoms with van der Waals surface area (Å²) in [6.07, 6.45) is 4.40. The number of para-hydroxylation sites is 1. The minimum Gasteiger partial charge on any atom is -0.340 e. The van der Waals surface area contributed by atoms with Crippen LogP contribution >= 0.6 is 0 Å². The van der Waals surface area contributed by atoms with Crippen LogP contribution in [0.5, 0.6) is 0 Å². The van der Waals surface area contributed by atoms with Gasteiger partial charge in [-0.2, -0.15) is 0 Å². The number of carbonyl (C=O) groups is 2. The van der Waals surface area contributed by atoms with Gasteiger partial charge in [0.05, 0.1) is 0 Å². The largest absolute Gasteiger partial charge is 0.340 e. The zero-order valence-electron chi connectivity index (χ0n) is 18.8. The molecule has 2 fully saturated rings. The number of nitrogens with zero attached hydrogens (tertiary/aromatic N) is 3. The Balaban J connectivity index is 1.47. The molecule has 0 aromatic heterocycles. The van der Waals surface area contributed by atoms with Crippen molar-refractivity contribution in [3.63, 3.8) is 0 Å². The number of hydrogen-bond donors (Lipinski definition) is 1. The van der Waals surface area contributed by atoms with Crippen molar-refractivity contribution in [1.82, 2.24) is 15.1 Å². The average molecular weight is 415 g/mol. The first-order valence-electron chi connectivity index (χ1n) is 11.7. The summed E-state index contributed by atoms with van der Waals surface area (Å²) in [7, 11) is 0. The molecule has 0 bridgehead atoms. The highest BCUT2D eigenvalue weighted by Crippen LogP contribution is 2.27. The van der Waals surface area contributed by atoms with Crippen molar-refractivity contribution >= 4 is 17.6 Å². The molecular weight excluding hydrogens is 376 g/mol. The first kappa shape index (κ1) is 22.6. The molecule has 3 amide bonds. The van der Waals surface area contributed by atoms with Gasteiger partial charge in [-0.1, -0.05) is 25.1 Å². The van der Waals surface area contributed by atoms with E-state index in [1.165, 1.54) is 0 Å². The Labute approximate surface area is 181 Å². The summed E-state index contributed by atoms with van der Waals surface area (Å²) in [5.74, 6) is 0.435. The SMILES string of the molecule is CCCN(C(=O)NC1CCC(C(=O)N2CCN(C(C)C)CC2)CC1)c1ccccc1. The zero-order valence-corrected chi connectivity index (χ0v) is 18.8. The fourth-order valence-corrected chi connectivity index (χ4v) is 4.63.